The molecule has 1 aliphatic rings. The molecule has 1 heterocycles. The Morgan fingerprint density at radius 3 is 2.63 bits per heavy atom. The lowest BCUT2D eigenvalue weighted by Gasteiger charge is -2.16. The summed E-state index contributed by atoms with van der Waals surface area (Å²) in [4.78, 5) is 11.8. The molecular weight excluding hydrogens is 304 g/mol. The molecule has 0 aromatic carbocycles. The number of allylic oxidation sites excluding steroid dienone is 4. The first-order valence-electron chi connectivity index (χ1n) is 5.22. The fourth-order valence-corrected chi connectivity index (χ4v) is 1.92. The molecular formula is C11H7Cl2F3N2O. The first-order chi connectivity index (χ1) is 8.80. The third-order valence-electron chi connectivity index (χ3n) is 2.56. The summed E-state index contributed by atoms with van der Waals surface area (Å²) in [7, 11) is 0. The van der Waals surface area contributed by atoms with Gasteiger partial charge in [-0.15, -0.1) is 0 Å². The zero-order valence-corrected chi connectivity index (χ0v) is 10.9. The van der Waals surface area contributed by atoms with Crippen molar-refractivity contribution in [1.29, 1.82) is 0 Å². The summed E-state index contributed by atoms with van der Waals surface area (Å²) in [5.74, 6) is 0. The number of aromatic nitrogens is 2. The summed E-state index contributed by atoms with van der Waals surface area (Å²) in [6, 6.07) is 0. The lowest BCUT2D eigenvalue weighted by molar-refractivity contribution is -0.0885. The lowest BCUT2D eigenvalue weighted by Crippen LogP contribution is -2.24. The van der Waals surface area contributed by atoms with Crippen LogP contribution in [0.1, 0.15) is 12.8 Å². The van der Waals surface area contributed by atoms with Gasteiger partial charge in [-0.1, -0.05) is 29.3 Å². The van der Waals surface area contributed by atoms with Crippen LogP contribution in [0.25, 0.3) is 5.70 Å². The average molecular weight is 311 g/mol. The Kier molecular flexibility index (Phi) is 3.73. The molecule has 0 N–H and O–H groups in total. The highest BCUT2D eigenvalue weighted by atomic mass is 35.5. The van der Waals surface area contributed by atoms with Gasteiger partial charge in [0.05, 0.1) is 16.8 Å². The maximum Gasteiger partial charge on any atom is 0.416 e. The summed E-state index contributed by atoms with van der Waals surface area (Å²) in [5, 5.41) is 3.40. The van der Waals surface area contributed by atoms with Crippen molar-refractivity contribution in [2.24, 2.45) is 0 Å². The molecule has 0 saturated heterocycles. The van der Waals surface area contributed by atoms with Crippen molar-refractivity contribution in [3.8, 4) is 0 Å². The Bertz CT molecular complexity index is 632. The Morgan fingerprint density at radius 2 is 2.00 bits per heavy atom. The maximum atomic E-state index is 12.6. The predicted molar refractivity (Wildman–Crippen MR) is 66.2 cm³/mol. The predicted octanol–water partition coefficient (Wildman–Crippen LogP) is 3.67. The van der Waals surface area contributed by atoms with Gasteiger partial charge in [-0.2, -0.15) is 23.0 Å². The standard InChI is InChI=1S/C11H7Cl2F3N2O/c12-8-5-17-18(10(19)9(8)13)7-3-1-2-6(4-7)11(14,15)16/h2,4-5H,1,3H2. The van der Waals surface area contributed by atoms with Gasteiger partial charge < -0.3 is 0 Å². The molecule has 0 aliphatic heterocycles. The molecule has 19 heavy (non-hydrogen) atoms. The molecule has 1 aromatic heterocycles. The zero-order valence-electron chi connectivity index (χ0n) is 9.34. The maximum absolute atomic E-state index is 12.6. The molecule has 102 valence electrons. The van der Waals surface area contributed by atoms with E-state index in [1.807, 2.05) is 0 Å². The largest absolute Gasteiger partial charge is 0.416 e. The minimum Gasteiger partial charge on any atom is -0.266 e. The lowest BCUT2D eigenvalue weighted by atomic mass is 10.0. The highest BCUT2D eigenvalue weighted by Gasteiger charge is 2.33. The molecule has 8 heteroatoms. The summed E-state index contributed by atoms with van der Waals surface area (Å²) >= 11 is 11.3. The smallest absolute Gasteiger partial charge is 0.266 e. The van der Waals surface area contributed by atoms with Crippen molar-refractivity contribution in [1.82, 2.24) is 9.78 Å². The van der Waals surface area contributed by atoms with Crippen molar-refractivity contribution in [2.45, 2.75) is 19.0 Å². The van der Waals surface area contributed by atoms with Crippen molar-refractivity contribution < 1.29 is 13.2 Å². The van der Waals surface area contributed by atoms with Crippen LogP contribution < -0.4 is 5.56 Å². The third kappa shape index (κ3) is 2.84. The van der Waals surface area contributed by atoms with E-state index >= 15 is 0 Å². The van der Waals surface area contributed by atoms with E-state index in [0.717, 1.165) is 23.0 Å². The number of alkyl halides is 3. The van der Waals surface area contributed by atoms with Crippen LogP contribution in [0.15, 0.2) is 28.7 Å². The van der Waals surface area contributed by atoms with E-state index in [1.165, 1.54) is 0 Å². The molecule has 0 bridgehead atoms. The van der Waals surface area contributed by atoms with Crippen molar-refractivity contribution in [3.63, 3.8) is 0 Å². The molecule has 0 spiro atoms. The second kappa shape index (κ2) is 5.02. The number of hydrogen-bond donors (Lipinski definition) is 0. The average Bonchev–Trinajstić information content (AvgIpc) is 2.35. The van der Waals surface area contributed by atoms with E-state index in [-0.39, 0.29) is 28.6 Å². The van der Waals surface area contributed by atoms with Crippen molar-refractivity contribution in [2.75, 3.05) is 0 Å². The SMILES string of the molecule is O=c1c(Cl)c(Cl)cnn1C1=CC(C(F)(F)F)=CCC1. The number of halogens is 5. The number of nitrogens with zero attached hydrogens (tertiary/aromatic N) is 2. The van der Waals surface area contributed by atoms with Gasteiger partial charge >= 0.3 is 6.18 Å². The summed E-state index contributed by atoms with van der Waals surface area (Å²) < 4.78 is 38.7. The quantitative estimate of drug-likeness (QED) is 0.793. The number of hydrogen-bond acceptors (Lipinski definition) is 2. The third-order valence-corrected chi connectivity index (χ3v) is 3.31. The van der Waals surface area contributed by atoms with E-state index in [1.54, 1.807) is 0 Å². The summed E-state index contributed by atoms with van der Waals surface area (Å²) in [5.41, 5.74) is -1.39. The molecule has 0 amide bonds. The Morgan fingerprint density at radius 1 is 1.32 bits per heavy atom. The van der Waals surface area contributed by atoms with Crippen LogP contribution in [0.4, 0.5) is 13.2 Å². The molecule has 0 fully saturated rings. The van der Waals surface area contributed by atoms with E-state index < -0.39 is 17.3 Å². The first-order valence-corrected chi connectivity index (χ1v) is 5.98. The topological polar surface area (TPSA) is 34.9 Å². The molecule has 2 rings (SSSR count). The van der Waals surface area contributed by atoms with Crippen LogP contribution in [0.2, 0.25) is 10.0 Å². The van der Waals surface area contributed by atoms with Gasteiger partial charge in [0.2, 0.25) is 0 Å². The van der Waals surface area contributed by atoms with Gasteiger partial charge in [0.15, 0.2) is 0 Å². The van der Waals surface area contributed by atoms with Crippen LogP contribution in [-0.2, 0) is 0 Å². The molecule has 1 aliphatic carbocycles. The van der Waals surface area contributed by atoms with Gasteiger partial charge in [-0.3, -0.25) is 4.79 Å². The van der Waals surface area contributed by atoms with Gasteiger partial charge in [-0.05, 0) is 18.9 Å². The van der Waals surface area contributed by atoms with Crippen LogP contribution in [0, 0.1) is 0 Å². The summed E-state index contributed by atoms with van der Waals surface area (Å²) in [6.07, 6.45) is -0.920. The second-order valence-corrected chi connectivity index (χ2v) is 4.64. The molecule has 0 atom stereocenters. The van der Waals surface area contributed by atoms with Gasteiger partial charge in [0.25, 0.3) is 5.56 Å². The highest BCUT2D eigenvalue weighted by molar-refractivity contribution is 6.41. The Balaban J connectivity index is 2.49. The number of rotatable bonds is 1. The van der Waals surface area contributed by atoms with Gasteiger partial charge in [0, 0.05) is 5.70 Å². The second-order valence-electron chi connectivity index (χ2n) is 3.86. The van der Waals surface area contributed by atoms with Crippen LogP contribution in [0.5, 0.6) is 0 Å². The summed E-state index contributed by atoms with van der Waals surface area (Å²) in [6.45, 7) is 0. The fraction of sp³-hybridized carbons (Fsp3) is 0.273. The molecule has 0 radical (unpaired) electrons. The van der Waals surface area contributed by atoms with Crippen LogP contribution in [-0.4, -0.2) is 16.0 Å². The van der Waals surface area contributed by atoms with E-state index in [0.29, 0.717) is 0 Å². The minimum atomic E-state index is -4.45. The van der Waals surface area contributed by atoms with Crippen LogP contribution >= 0.6 is 23.2 Å². The molecule has 0 saturated carbocycles. The minimum absolute atomic E-state index is 0.0362. The Hall–Kier alpha value is -1.27. The van der Waals surface area contributed by atoms with Gasteiger partial charge in [0.1, 0.15) is 5.02 Å². The fourth-order valence-electron chi connectivity index (χ4n) is 1.67. The molecule has 0 unspecified atom stereocenters. The van der Waals surface area contributed by atoms with E-state index in [9.17, 15) is 18.0 Å². The van der Waals surface area contributed by atoms with Crippen molar-refractivity contribution in [3.05, 3.63) is 44.3 Å². The van der Waals surface area contributed by atoms with E-state index in [4.69, 9.17) is 23.2 Å². The highest BCUT2D eigenvalue weighted by Crippen LogP contribution is 2.32. The normalized spacial score (nSPS) is 16.1. The molecule has 3 nitrogen and oxygen atoms in total. The van der Waals surface area contributed by atoms with Crippen LogP contribution in [0.3, 0.4) is 0 Å². The van der Waals surface area contributed by atoms with Crippen molar-refractivity contribution >= 4 is 28.9 Å². The first kappa shape index (κ1) is 14.1. The Labute approximate surface area is 115 Å². The molecule has 1 aromatic rings. The monoisotopic (exact) mass is 310 g/mol. The van der Waals surface area contributed by atoms with Gasteiger partial charge in [-0.25, -0.2) is 0 Å². The van der Waals surface area contributed by atoms with E-state index in [2.05, 4.69) is 5.10 Å². The zero-order chi connectivity index (χ0) is 14.2.